The molecule has 1 aromatic rings. The number of hydrogen-bond acceptors (Lipinski definition) is 5. The Morgan fingerprint density at radius 1 is 1.15 bits per heavy atom. The van der Waals surface area contributed by atoms with Crippen molar-refractivity contribution in [3.05, 3.63) is 18.5 Å². The van der Waals surface area contributed by atoms with Gasteiger partial charge in [-0.3, -0.25) is 4.79 Å². The molecule has 0 aromatic carbocycles. The van der Waals surface area contributed by atoms with Crippen molar-refractivity contribution < 1.29 is 9.53 Å². The van der Waals surface area contributed by atoms with Crippen LogP contribution in [0.5, 0.6) is 0 Å². The maximum atomic E-state index is 12.3. The number of hydrogen-bond donors (Lipinski definition) is 0. The van der Waals surface area contributed by atoms with Crippen LogP contribution in [-0.4, -0.2) is 59.7 Å². The topological polar surface area (TPSA) is 58.6 Å². The standard InChI is InChI=1S/C14H20N4O2/c19-13(12-4-1-11-20-12)17-7-3-8-18(10-9-17)14-15-5-2-6-16-14/h2,5-6,12H,1,3-4,7-11H2/t12-/m0/s1. The van der Waals surface area contributed by atoms with E-state index in [0.29, 0.717) is 6.61 Å². The van der Waals surface area contributed by atoms with Crippen LogP contribution in [0, 0.1) is 0 Å². The summed E-state index contributed by atoms with van der Waals surface area (Å²) in [7, 11) is 0. The largest absolute Gasteiger partial charge is 0.368 e. The first-order valence-electron chi connectivity index (χ1n) is 7.27. The molecule has 3 rings (SSSR count). The average Bonchev–Trinajstić information content (AvgIpc) is 2.92. The fourth-order valence-corrected chi connectivity index (χ4v) is 2.77. The van der Waals surface area contributed by atoms with Crippen molar-refractivity contribution in [2.24, 2.45) is 0 Å². The molecule has 6 nitrogen and oxygen atoms in total. The van der Waals surface area contributed by atoms with Gasteiger partial charge in [-0.2, -0.15) is 0 Å². The molecule has 0 saturated carbocycles. The molecule has 3 heterocycles. The number of ether oxygens (including phenoxy) is 1. The minimum atomic E-state index is -0.213. The number of rotatable bonds is 2. The third-order valence-electron chi connectivity index (χ3n) is 3.85. The van der Waals surface area contributed by atoms with E-state index in [-0.39, 0.29) is 12.0 Å². The van der Waals surface area contributed by atoms with Crippen LogP contribution in [0.2, 0.25) is 0 Å². The Balaban J connectivity index is 1.60. The van der Waals surface area contributed by atoms with Crippen LogP contribution in [0.4, 0.5) is 5.95 Å². The van der Waals surface area contributed by atoms with Gasteiger partial charge in [-0.05, 0) is 25.3 Å². The van der Waals surface area contributed by atoms with E-state index in [4.69, 9.17) is 4.74 Å². The summed E-state index contributed by atoms with van der Waals surface area (Å²) >= 11 is 0. The van der Waals surface area contributed by atoms with Gasteiger partial charge in [-0.25, -0.2) is 9.97 Å². The summed E-state index contributed by atoms with van der Waals surface area (Å²) in [6.45, 7) is 3.90. The van der Waals surface area contributed by atoms with Gasteiger partial charge < -0.3 is 14.5 Å². The summed E-state index contributed by atoms with van der Waals surface area (Å²) < 4.78 is 5.49. The molecule has 2 saturated heterocycles. The molecule has 20 heavy (non-hydrogen) atoms. The van der Waals surface area contributed by atoms with Crippen LogP contribution in [0.15, 0.2) is 18.5 Å². The van der Waals surface area contributed by atoms with E-state index in [0.717, 1.165) is 51.4 Å². The summed E-state index contributed by atoms with van der Waals surface area (Å²) in [4.78, 5) is 25.0. The van der Waals surface area contributed by atoms with E-state index in [9.17, 15) is 4.79 Å². The second kappa shape index (κ2) is 6.17. The first kappa shape index (κ1) is 13.3. The number of anilines is 1. The zero-order valence-electron chi connectivity index (χ0n) is 11.6. The van der Waals surface area contributed by atoms with Crippen LogP contribution in [0.1, 0.15) is 19.3 Å². The summed E-state index contributed by atoms with van der Waals surface area (Å²) in [5, 5.41) is 0. The lowest BCUT2D eigenvalue weighted by atomic mass is 10.2. The molecule has 108 valence electrons. The van der Waals surface area contributed by atoms with E-state index in [1.807, 2.05) is 11.0 Å². The Hall–Kier alpha value is -1.69. The number of nitrogens with zero attached hydrogens (tertiary/aromatic N) is 4. The molecule has 0 spiro atoms. The van der Waals surface area contributed by atoms with Crippen LogP contribution in [-0.2, 0) is 9.53 Å². The van der Waals surface area contributed by atoms with E-state index in [1.165, 1.54) is 0 Å². The highest BCUT2D eigenvalue weighted by molar-refractivity contribution is 5.81. The Labute approximate surface area is 118 Å². The van der Waals surface area contributed by atoms with E-state index in [2.05, 4.69) is 14.9 Å². The predicted molar refractivity (Wildman–Crippen MR) is 74.4 cm³/mol. The molecule has 2 aliphatic heterocycles. The highest BCUT2D eigenvalue weighted by Crippen LogP contribution is 2.17. The van der Waals surface area contributed by atoms with Gasteiger partial charge in [0.25, 0.3) is 5.91 Å². The number of carbonyl (C=O) groups is 1. The molecule has 0 radical (unpaired) electrons. The van der Waals surface area contributed by atoms with Crippen molar-refractivity contribution in [2.45, 2.75) is 25.4 Å². The van der Waals surface area contributed by atoms with Crippen molar-refractivity contribution in [3.8, 4) is 0 Å². The number of amides is 1. The molecule has 1 aromatic heterocycles. The Kier molecular flexibility index (Phi) is 4.11. The smallest absolute Gasteiger partial charge is 0.251 e. The molecule has 0 N–H and O–H groups in total. The van der Waals surface area contributed by atoms with Crippen molar-refractivity contribution in [2.75, 3.05) is 37.7 Å². The molecule has 0 unspecified atom stereocenters. The molecule has 6 heteroatoms. The van der Waals surface area contributed by atoms with Crippen LogP contribution in [0.3, 0.4) is 0 Å². The third kappa shape index (κ3) is 2.90. The van der Waals surface area contributed by atoms with Crippen molar-refractivity contribution in [1.29, 1.82) is 0 Å². The monoisotopic (exact) mass is 276 g/mol. The summed E-state index contributed by atoms with van der Waals surface area (Å²) in [6, 6.07) is 1.81. The highest BCUT2D eigenvalue weighted by atomic mass is 16.5. The summed E-state index contributed by atoms with van der Waals surface area (Å²) in [6.07, 6.45) is 6.09. The summed E-state index contributed by atoms with van der Waals surface area (Å²) in [5.74, 6) is 0.900. The van der Waals surface area contributed by atoms with Crippen LogP contribution < -0.4 is 4.90 Å². The second-order valence-electron chi connectivity index (χ2n) is 5.22. The van der Waals surface area contributed by atoms with Crippen LogP contribution in [0.25, 0.3) is 0 Å². The number of aromatic nitrogens is 2. The molecule has 0 aliphatic carbocycles. The van der Waals surface area contributed by atoms with Crippen molar-refractivity contribution in [1.82, 2.24) is 14.9 Å². The van der Waals surface area contributed by atoms with Gasteiger partial charge in [0.1, 0.15) is 6.10 Å². The Morgan fingerprint density at radius 2 is 2.00 bits per heavy atom. The van der Waals surface area contributed by atoms with E-state index < -0.39 is 0 Å². The lowest BCUT2D eigenvalue weighted by molar-refractivity contribution is -0.140. The fourth-order valence-electron chi connectivity index (χ4n) is 2.77. The number of carbonyl (C=O) groups excluding carboxylic acids is 1. The second-order valence-corrected chi connectivity index (χ2v) is 5.22. The third-order valence-corrected chi connectivity index (χ3v) is 3.85. The normalized spacial score (nSPS) is 23.7. The molecule has 0 bridgehead atoms. The SMILES string of the molecule is O=C([C@@H]1CCCO1)N1CCCN(c2ncccn2)CC1. The zero-order valence-corrected chi connectivity index (χ0v) is 11.6. The van der Waals surface area contributed by atoms with Gasteiger partial charge in [-0.1, -0.05) is 0 Å². The van der Waals surface area contributed by atoms with E-state index in [1.54, 1.807) is 12.4 Å². The van der Waals surface area contributed by atoms with Gasteiger partial charge in [0.15, 0.2) is 0 Å². The minimum Gasteiger partial charge on any atom is -0.368 e. The molecular formula is C14H20N4O2. The maximum Gasteiger partial charge on any atom is 0.251 e. The Morgan fingerprint density at radius 3 is 2.75 bits per heavy atom. The molecule has 2 fully saturated rings. The zero-order chi connectivity index (χ0) is 13.8. The predicted octanol–water partition coefficient (Wildman–Crippen LogP) is 0.694. The highest BCUT2D eigenvalue weighted by Gasteiger charge is 2.29. The lowest BCUT2D eigenvalue weighted by Crippen LogP contribution is -2.41. The van der Waals surface area contributed by atoms with Crippen LogP contribution >= 0.6 is 0 Å². The summed E-state index contributed by atoms with van der Waals surface area (Å²) in [5.41, 5.74) is 0. The van der Waals surface area contributed by atoms with Gasteiger partial charge in [0, 0.05) is 45.2 Å². The fraction of sp³-hybridized carbons (Fsp3) is 0.643. The van der Waals surface area contributed by atoms with Gasteiger partial charge in [-0.15, -0.1) is 0 Å². The van der Waals surface area contributed by atoms with Crippen molar-refractivity contribution >= 4 is 11.9 Å². The molecule has 1 atom stereocenters. The first-order chi connectivity index (χ1) is 9.84. The lowest BCUT2D eigenvalue weighted by Gasteiger charge is -2.24. The van der Waals surface area contributed by atoms with Crippen molar-refractivity contribution in [3.63, 3.8) is 0 Å². The van der Waals surface area contributed by atoms with Gasteiger partial charge in [0.2, 0.25) is 5.95 Å². The average molecular weight is 276 g/mol. The first-order valence-corrected chi connectivity index (χ1v) is 7.27. The van der Waals surface area contributed by atoms with Gasteiger partial charge in [0.05, 0.1) is 0 Å². The maximum absolute atomic E-state index is 12.3. The molecular weight excluding hydrogens is 256 g/mol. The van der Waals surface area contributed by atoms with Gasteiger partial charge >= 0.3 is 0 Å². The molecule has 2 aliphatic rings. The van der Waals surface area contributed by atoms with E-state index >= 15 is 0 Å². The molecule has 1 amide bonds. The Bertz CT molecular complexity index is 448. The minimum absolute atomic E-state index is 0.151. The quantitative estimate of drug-likeness (QED) is 0.795.